The van der Waals surface area contributed by atoms with Crippen molar-refractivity contribution >= 4 is 10.0 Å². The summed E-state index contributed by atoms with van der Waals surface area (Å²) in [6, 6.07) is 7.67. The predicted octanol–water partition coefficient (Wildman–Crippen LogP) is 2.15. The molecule has 2 aliphatic rings. The summed E-state index contributed by atoms with van der Waals surface area (Å²) in [6.45, 7) is 4.28. The van der Waals surface area contributed by atoms with Gasteiger partial charge in [-0.15, -0.1) is 0 Å². The van der Waals surface area contributed by atoms with Crippen LogP contribution >= 0.6 is 0 Å². The Morgan fingerprint density at radius 1 is 1.19 bits per heavy atom. The van der Waals surface area contributed by atoms with Gasteiger partial charge in [-0.25, -0.2) is 8.42 Å². The predicted molar refractivity (Wildman–Crippen MR) is 83.7 cm³/mol. The Hall–Kier alpha value is -0.910. The van der Waals surface area contributed by atoms with Gasteiger partial charge in [-0.05, 0) is 62.8 Å². The normalized spacial score (nSPS) is 21.6. The molecule has 1 saturated heterocycles. The van der Waals surface area contributed by atoms with Crippen molar-refractivity contribution in [3.8, 4) is 0 Å². The molecule has 0 aromatic heterocycles. The van der Waals surface area contributed by atoms with Crippen molar-refractivity contribution in [2.24, 2.45) is 5.92 Å². The van der Waals surface area contributed by atoms with Gasteiger partial charge in [0.15, 0.2) is 0 Å². The maximum Gasteiger partial charge on any atom is 0.243 e. The van der Waals surface area contributed by atoms with Crippen molar-refractivity contribution in [2.75, 3.05) is 19.6 Å². The van der Waals surface area contributed by atoms with Crippen LogP contribution in [0.15, 0.2) is 29.2 Å². The Labute approximate surface area is 127 Å². The van der Waals surface area contributed by atoms with Gasteiger partial charge in [0.25, 0.3) is 0 Å². The zero-order valence-electron chi connectivity index (χ0n) is 12.6. The first-order valence-electron chi connectivity index (χ1n) is 7.86. The summed E-state index contributed by atoms with van der Waals surface area (Å²) in [7, 11) is -3.32. The maximum absolute atomic E-state index is 12.6. The molecule has 3 rings (SSSR count). The monoisotopic (exact) mass is 308 g/mol. The fraction of sp³-hybridized carbons (Fsp3) is 0.625. The standard InChI is InChI=1S/C16H24N2O2S/c1-13-3-2-4-16(11-13)21(19,20)18-9-7-15(8-10-18)17-12-14-5-6-14/h2-4,11,14-15,17H,5-10,12H2,1H3. The van der Waals surface area contributed by atoms with Crippen LogP contribution in [0.3, 0.4) is 0 Å². The van der Waals surface area contributed by atoms with E-state index in [1.807, 2.05) is 19.1 Å². The molecule has 0 atom stereocenters. The topological polar surface area (TPSA) is 49.4 Å². The first-order valence-corrected chi connectivity index (χ1v) is 9.30. The maximum atomic E-state index is 12.6. The second-order valence-corrected chi connectivity index (χ2v) is 8.28. The number of rotatable bonds is 5. The van der Waals surface area contributed by atoms with Crippen LogP contribution in [0.2, 0.25) is 0 Å². The molecule has 1 N–H and O–H groups in total. The molecule has 0 bridgehead atoms. The quantitative estimate of drug-likeness (QED) is 0.907. The van der Waals surface area contributed by atoms with E-state index in [-0.39, 0.29) is 0 Å². The van der Waals surface area contributed by atoms with Crippen molar-refractivity contribution in [2.45, 2.75) is 43.5 Å². The van der Waals surface area contributed by atoms with E-state index < -0.39 is 10.0 Å². The highest BCUT2D eigenvalue weighted by molar-refractivity contribution is 7.89. The van der Waals surface area contributed by atoms with E-state index in [2.05, 4.69) is 5.32 Å². The van der Waals surface area contributed by atoms with Crippen LogP contribution in [0.25, 0.3) is 0 Å². The number of benzene rings is 1. The minimum absolute atomic E-state index is 0.423. The van der Waals surface area contributed by atoms with Gasteiger partial charge in [0.2, 0.25) is 10.0 Å². The summed E-state index contributed by atoms with van der Waals surface area (Å²) in [5, 5.41) is 3.58. The lowest BCUT2D eigenvalue weighted by atomic mass is 10.1. The van der Waals surface area contributed by atoms with Gasteiger partial charge in [0.05, 0.1) is 4.90 Å². The van der Waals surface area contributed by atoms with E-state index in [0.717, 1.165) is 30.9 Å². The molecule has 1 aromatic carbocycles. The summed E-state index contributed by atoms with van der Waals surface area (Å²) in [5.74, 6) is 0.874. The summed E-state index contributed by atoms with van der Waals surface area (Å²) < 4.78 is 26.9. The van der Waals surface area contributed by atoms with E-state index in [4.69, 9.17) is 0 Å². The number of aryl methyl sites for hydroxylation is 1. The molecule has 0 spiro atoms. The van der Waals surface area contributed by atoms with E-state index in [0.29, 0.717) is 24.0 Å². The van der Waals surface area contributed by atoms with E-state index in [1.165, 1.54) is 12.8 Å². The molecule has 0 unspecified atom stereocenters. The molecule has 1 aliphatic carbocycles. The summed E-state index contributed by atoms with van der Waals surface area (Å²) >= 11 is 0. The molecule has 1 saturated carbocycles. The second-order valence-electron chi connectivity index (χ2n) is 6.35. The number of hydrogen-bond donors (Lipinski definition) is 1. The van der Waals surface area contributed by atoms with Crippen LogP contribution in [0.4, 0.5) is 0 Å². The third-order valence-corrected chi connectivity index (χ3v) is 6.37. The highest BCUT2D eigenvalue weighted by Gasteiger charge is 2.30. The third kappa shape index (κ3) is 3.65. The number of piperidine rings is 1. The molecule has 2 fully saturated rings. The van der Waals surface area contributed by atoms with Crippen molar-refractivity contribution in [3.05, 3.63) is 29.8 Å². The molecule has 1 heterocycles. The lowest BCUT2D eigenvalue weighted by Crippen LogP contribution is -2.45. The number of sulfonamides is 1. The largest absolute Gasteiger partial charge is 0.314 e. The Kier molecular flexibility index (Phi) is 4.33. The Morgan fingerprint density at radius 3 is 2.52 bits per heavy atom. The average molecular weight is 308 g/mol. The highest BCUT2D eigenvalue weighted by atomic mass is 32.2. The molecule has 21 heavy (non-hydrogen) atoms. The van der Waals surface area contributed by atoms with Gasteiger partial charge in [0, 0.05) is 19.1 Å². The summed E-state index contributed by atoms with van der Waals surface area (Å²) in [5.41, 5.74) is 0.983. The van der Waals surface area contributed by atoms with Gasteiger partial charge in [-0.2, -0.15) is 4.31 Å². The van der Waals surface area contributed by atoms with Crippen LogP contribution in [-0.4, -0.2) is 38.4 Å². The zero-order valence-corrected chi connectivity index (χ0v) is 13.4. The molecule has 116 valence electrons. The first-order chi connectivity index (χ1) is 10.1. The lowest BCUT2D eigenvalue weighted by Gasteiger charge is -2.31. The average Bonchev–Trinajstić information content (AvgIpc) is 3.30. The van der Waals surface area contributed by atoms with Crippen LogP contribution in [0, 0.1) is 12.8 Å². The molecule has 0 amide bonds. The zero-order chi connectivity index (χ0) is 14.9. The van der Waals surface area contributed by atoms with Gasteiger partial charge in [-0.3, -0.25) is 0 Å². The van der Waals surface area contributed by atoms with Crippen molar-refractivity contribution < 1.29 is 8.42 Å². The van der Waals surface area contributed by atoms with Crippen LogP contribution in [0.1, 0.15) is 31.2 Å². The minimum Gasteiger partial charge on any atom is -0.314 e. The van der Waals surface area contributed by atoms with Crippen LogP contribution < -0.4 is 5.32 Å². The molecule has 1 aliphatic heterocycles. The van der Waals surface area contributed by atoms with Gasteiger partial charge in [0.1, 0.15) is 0 Å². The summed E-state index contributed by atoms with van der Waals surface area (Å²) in [4.78, 5) is 0.423. The fourth-order valence-electron chi connectivity index (χ4n) is 2.88. The molecular formula is C16H24N2O2S. The van der Waals surface area contributed by atoms with Gasteiger partial charge in [-0.1, -0.05) is 12.1 Å². The SMILES string of the molecule is Cc1cccc(S(=O)(=O)N2CCC(NCC3CC3)CC2)c1. The minimum atomic E-state index is -3.32. The van der Waals surface area contributed by atoms with E-state index in [9.17, 15) is 8.42 Å². The molecule has 5 heteroatoms. The molecule has 0 radical (unpaired) electrons. The number of nitrogens with zero attached hydrogens (tertiary/aromatic N) is 1. The van der Waals surface area contributed by atoms with Crippen molar-refractivity contribution in [1.82, 2.24) is 9.62 Å². The molecular weight excluding hydrogens is 284 g/mol. The van der Waals surface area contributed by atoms with Crippen LogP contribution in [0.5, 0.6) is 0 Å². The van der Waals surface area contributed by atoms with E-state index >= 15 is 0 Å². The number of hydrogen-bond acceptors (Lipinski definition) is 3. The molecule has 4 nitrogen and oxygen atoms in total. The van der Waals surface area contributed by atoms with Crippen LogP contribution in [-0.2, 0) is 10.0 Å². The van der Waals surface area contributed by atoms with E-state index in [1.54, 1.807) is 16.4 Å². The third-order valence-electron chi connectivity index (χ3n) is 4.47. The number of nitrogens with one attached hydrogen (secondary N) is 1. The lowest BCUT2D eigenvalue weighted by molar-refractivity contribution is 0.288. The van der Waals surface area contributed by atoms with Crippen molar-refractivity contribution in [1.29, 1.82) is 0 Å². The first kappa shape index (κ1) is 15.0. The molecule has 1 aromatic rings. The summed E-state index contributed by atoms with van der Waals surface area (Å²) in [6.07, 6.45) is 4.54. The highest BCUT2D eigenvalue weighted by Crippen LogP contribution is 2.28. The Morgan fingerprint density at radius 2 is 1.90 bits per heavy atom. The fourth-order valence-corrected chi connectivity index (χ4v) is 4.46. The smallest absolute Gasteiger partial charge is 0.243 e. The Balaban J connectivity index is 1.59. The van der Waals surface area contributed by atoms with Crippen molar-refractivity contribution in [3.63, 3.8) is 0 Å². The Bertz CT molecular complexity index is 588. The van der Waals surface area contributed by atoms with Gasteiger partial charge < -0.3 is 5.32 Å². The second kappa shape index (κ2) is 6.07. The van der Waals surface area contributed by atoms with Gasteiger partial charge >= 0.3 is 0 Å².